The predicted molar refractivity (Wildman–Crippen MR) is 83.6 cm³/mol. The molecule has 5 nitrogen and oxygen atoms in total. The highest BCUT2D eigenvalue weighted by atomic mass is 31.2. The maximum absolute atomic E-state index is 13.2. The highest BCUT2D eigenvalue weighted by molar-refractivity contribution is 7.73. The van der Waals surface area contributed by atoms with Crippen LogP contribution in [0, 0.1) is 0 Å². The van der Waals surface area contributed by atoms with E-state index >= 15 is 0 Å². The zero-order valence-electron chi connectivity index (χ0n) is 13.0. The summed E-state index contributed by atoms with van der Waals surface area (Å²) in [5.41, 5.74) is 1.09. The van der Waals surface area contributed by atoms with Crippen LogP contribution < -0.4 is 0 Å². The summed E-state index contributed by atoms with van der Waals surface area (Å²) in [6, 6.07) is 0. The van der Waals surface area contributed by atoms with Gasteiger partial charge in [0.05, 0.1) is 13.2 Å². The SMILES string of the molecule is CCCCN(P1(=O)CC=C(C)C1)P(=O)(OCC)OCC. The van der Waals surface area contributed by atoms with Crippen molar-refractivity contribution in [2.75, 3.05) is 32.1 Å². The van der Waals surface area contributed by atoms with Crippen molar-refractivity contribution in [3.8, 4) is 0 Å². The molecule has 0 fully saturated rings. The molecule has 118 valence electrons. The van der Waals surface area contributed by atoms with Crippen molar-refractivity contribution < 1.29 is 18.2 Å². The molecule has 1 rings (SSSR count). The summed E-state index contributed by atoms with van der Waals surface area (Å²) in [7, 11) is -6.18. The highest BCUT2D eigenvalue weighted by Crippen LogP contribution is 2.69. The minimum Gasteiger partial charge on any atom is -0.305 e. The number of hydrogen-bond acceptors (Lipinski definition) is 4. The minimum atomic E-state index is -3.46. The fraction of sp³-hybridized carbons (Fsp3) is 0.846. The molecular weight excluding hydrogens is 296 g/mol. The van der Waals surface area contributed by atoms with E-state index in [9.17, 15) is 9.13 Å². The first-order valence-corrected chi connectivity index (χ1v) is 10.9. The molecule has 0 amide bonds. The van der Waals surface area contributed by atoms with Crippen LogP contribution in [-0.2, 0) is 18.2 Å². The Labute approximate surface area is 122 Å². The first-order chi connectivity index (χ1) is 9.41. The van der Waals surface area contributed by atoms with E-state index in [-0.39, 0.29) is 13.2 Å². The average Bonchev–Trinajstić information content (AvgIpc) is 2.71. The molecule has 0 radical (unpaired) electrons. The van der Waals surface area contributed by atoms with Gasteiger partial charge in [0.1, 0.15) is 0 Å². The van der Waals surface area contributed by atoms with Crippen LogP contribution in [0.1, 0.15) is 40.5 Å². The lowest BCUT2D eigenvalue weighted by atomic mass is 10.3. The van der Waals surface area contributed by atoms with Gasteiger partial charge in [0.15, 0.2) is 7.29 Å². The van der Waals surface area contributed by atoms with Gasteiger partial charge in [-0.2, -0.15) is 4.44 Å². The zero-order chi connectivity index (χ0) is 15.2. The van der Waals surface area contributed by atoms with Crippen LogP contribution >= 0.6 is 15.0 Å². The Morgan fingerprint density at radius 3 is 2.30 bits per heavy atom. The fourth-order valence-electron chi connectivity index (χ4n) is 2.29. The van der Waals surface area contributed by atoms with Crippen LogP contribution in [0.5, 0.6) is 0 Å². The molecule has 1 atom stereocenters. The van der Waals surface area contributed by atoms with E-state index in [0.29, 0.717) is 18.9 Å². The van der Waals surface area contributed by atoms with Gasteiger partial charge in [-0.05, 0) is 27.2 Å². The summed E-state index contributed by atoms with van der Waals surface area (Å²) in [4.78, 5) is 0. The zero-order valence-corrected chi connectivity index (χ0v) is 14.8. The Balaban J connectivity index is 3.04. The van der Waals surface area contributed by atoms with E-state index in [1.54, 1.807) is 18.3 Å². The van der Waals surface area contributed by atoms with Gasteiger partial charge in [-0.25, -0.2) is 4.57 Å². The van der Waals surface area contributed by atoms with E-state index < -0.39 is 15.0 Å². The molecule has 0 aromatic rings. The summed E-state index contributed by atoms with van der Waals surface area (Å²) in [5.74, 6) is 0. The molecule has 0 aliphatic carbocycles. The standard InChI is InChI=1S/C13H27NO4P2/c1-5-8-10-14(19(15)11-9-13(4)12-19)20(16,17-6-2)18-7-3/h9H,5-8,10-12H2,1-4H3. The van der Waals surface area contributed by atoms with Gasteiger partial charge in [-0.1, -0.05) is 25.0 Å². The maximum atomic E-state index is 13.2. The molecule has 0 saturated carbocycles. The van der Waals surface area contributed by atoms with Gasteiger partial charge >= 0.3 is 7.75 Å². The van der Waals surface area contributed by atoms with Crippen molar-refractivity contribution in [1.29, 1.82) is 0 Å². The molecule has 0 aromatic heterocycles. The Bertz CT molecular complexity index is 426. The number of allylic oxidation sites excluding steroid dienone is 2. The average molecular weight is 323 g/mol. The normalized spacial score (nSPS) is 23.4. The second-order valence-corrected chi connectivity index (χ2v) is 10.1. The van der Waals surface area contributed by atoms with E-state index in [1.165, 1.54) is 0 Å². The molecule has 0 aromatic carbocycles. The van der Waals surface area contributed by atoms with Gasteiger partial charge < -0.3 is 4.57 Å². The third-order valence-corrected chi connectivity index (χ3v) is 9.58. The van der Waals surface area contributed by atoms with Gasteiger partial charge in [0.2, 0.25) is 0 Å². The van der Waals surface area contributed by atoms with E-state index in [2.05, 4.69) is 6.92 Å². The second-order valence-electron chi connectivity index (χ2n) is 4.99. The van der Waals surface area contributed by atoms with Crippen molar-refractivity contribution in [2.45, 2.75) is 40.5 Å². The van der Waals surface area contributed by atoms with Crippen LogP contribution in [0.15, 0.2) is 11.6 Å². The third-order valence-electron chi connectivity index (χ3n) is 3.22. The molecule has 0 spiro atoms. The van der Waals surface area contributed by atoms with E-state index in [4.69, 9.17) is 9.05 Å². The molecule has 0 bridgehead atoms. The topological polar surface area (TPSA) is 55.8 Å². The molecular formula is C13H27NO4P2. The Morgan fingerprint density at radius 1 is 1.30 bits per heavy atom. The molecule has 0 saturated heterocycles. The molecule has 0 N–H and O–H groups in total. The Hall–Kier alpha value is 0.0800. The minimum absolute atomic E-state index is 0.284. The smallest absolute Gasteiger partial charge is 0.305 e. The lowest BCUT2D eigenvalue weighted by Crippen LogP contribution is -2.23. The highest BCUT2D eigenvalue weighted by Gasteiger charge is 2.45. The Kier molecular flexibility index (Phi) is 7.17. The van der Waals surface area contributed by atoms with Gasteiger partial charge in [-0.15, -0.1) is 0 Å². The van der Waals surface area contributed by atoms with Crippen molar-refractivity contribution in [1.82, 2.24) is 4.44 Å². The summed E-state index contributed by atoms with van der Waals surface area (Å²) in [6.07, 6.45) is 4.70. The predicted octanol–water partition coefficient (Wildman–Crippen LogP) is 4.51. The van der Waals surface area contributed by atoms with Crippen molar-refractivity contribution >= 4 is 15.0 Å². The van der Waals surface area contributed by atoms with E-state index in [1.807, 2.05) is 13.0 Å². The second kappa shape index (κ2) is 7.91. The fourth-order valence-corrected chi connectivity index (χ4v) is 8.48. The Morgan fingerprint density at radius 2 is 1.90 bits per heavy atom. The van der Waals surface area contributed by atoms with Gasteiger partial charge in [0, 0.05) is 18.9 Å². The number of unbranched alkanes of at least 4 members (excludes halogenated alkanes) is 1. The summed E-state index contributed by atoms with van der Waals surface area (Å²) in [6.45, 7) is 8.63. The van der Waals surface area contributed by atoms with Crippen LogP contribution in [-0.4, -0.2) is 36.5 Å². The summed E-state index contributed by atoms with van der Waals surface area (Å²) >= 11 is 0. The van der Waals surface area contributed by atoms with Crippen molar-refractivity contribution in [3.05, 3.63) is 11.6 Å². The maximum Gasteiger partial charge on any atom is 0.414 e. The molecule has 1 heterocycles. The quantitative estimate of drug-likeness (QED) is 0.461. The van der Waals surface area contributed by atoms with Crippen molar-refractivity contribution in [3.63, 3.8) is 0 Å². The third kappa shape index (κ3) is 4.29. The van der Waals surface area contributed by atoms with Gasteiger partial charge in [0.25, 0.3) is 0 Å². The van der Waals surface area contributed by atoms with Crippen LogP contribution in [0.25, 0.3) is 0 Å². The molecule has 1 aliphatic heterocycles. The van der Waals surface area contributed by atoms with Gasteiger partial charge in [-0.3, -0.25) is 9.05 Å². The summed E-state index contributed by atoms with van der Waals surface area (Å²) < 4.78 is 38.5. The lowest BCUT2D eigenvalue weighted by Gasteiger charge is -2.34. The number of nitrogens with zero attached hydrogens (tertiary/aromatic N) is 1. The molecule has 7 heteroatoms. The number of rotatable bonds is 9. The molecule has 20 heavy (non-hydrogen) atoms. The summed E-state index contributed by atoms with van der Waals surface area (Å²) in [5, 5.41) is 0. The number of hydrogen-bond donors (Lipinski definition) is 0. The van der Waals surface area contributed by atoms with Crippen LogP contribution in [0.2, 0.25) is 0 Å². The van der Waals surface area contributed by atoms with Crippen molar-refractivity contribution in [2.24, 2.45) is 0 Å². The van der Waals surface area contributed by atoms with Crippen LogP contribution in [0.4, 0.5) is 0 Å². The molecule has 1 unspecified atom stereocenters. The van der Waals surface area contributed by atoms with Crippen LogP contribution in [0.3, 0.4) is 0 Å². The monoisotopic (exact) mass is 323 g/mol. The molecule has 1 aliphatic rings. The first-order valence-electron chi connectivity index (χ1n) is 7.33. The largest absolute Gasteiger partial charge is 0.414 e. The van der Waals surface area contributed by atoms with E-state index in [0.717, 1.165) is 18.4 Å². The first kappa shape index (κ1) is 18.1. The lowest BCUT2D eigenvalue weighted by molar-refractivity contribution is 0.190.